The van der Waals surface area contributed by atoms with E-state index in [9.17, 15) is 4.79 Å². The van der Waals surface area contributed by atoms with Crippen molar-refractivity contribution in [1.82, 2.24) is 25.3 Å². The van der Waals surface area contributed by atoms with Gasteiger partial charge in [-0.15, -0.1) is 29.9 Å². The standard InChI is InChI=1S/C15H22N6O.2ClH/c1-11(2)15(3,10-16)18-14(22)13-9-21(20-19-13)8-12-6-4-5-7-17-12;;/h4-7,9,11H,8,10,16H2,1-3H3,(H,18,22);2*1H. The van der Waals surface area contributed by atoms with Crippen LogP contribution in [-0.4, -0.2) is 38.0 Å². The van der Waals surface area contributed by atoms with Gasteiger partial charge in [0.2, 0.25) is 0 Å². The maximum absolute atomic E-state index is 12.3. The average molecular weight is 375 g/mol. The summed E-state index contributed by atoms with van der Waals surface area (Å²) >= 11 is 0. The molecule has 2 heterocycles. The number of nitrogens with zero attached hydrogens (tertiary/aromatic N) is 4. The number of nitrogens with one attached hydrogen (secondary N) is 1. The number of rotatable bonds is 6. The summed E-state index contributed by atoms with van der Waals surface area (Å²) < 4.78 is 1.59. The van der Waals surface area contributed by atoms with Crippen molar-refractivity contribution in [3.8, 4) is 0 Å². The van der Waals surface area contributed by atoms with E-state index in [0.717, 1.165) is 5.69 Å². The number of amides is 1. The molecule has 0 bridgehead atoms. The normalized spacial score (nSPS) is 12.7. The van der Waals surface area contributed by atoms with Crippen LogP contribution in [0.2, 0.25) is 0 Å². The zero-order valence-corrected chi connectivity index (χ0v) is 15.6. The first kappa shape index (κ1) is 22.3. The summed E-state index contributed by atoms with van der Waals surface area (Å²) in [6.45, 7) is 6.79. The molecule has 24 heavy (non-hydrogen) atoms. The number of nitrogens with two attached hydrogens (primary N) is 1. The summed E-state index contributed by atoms with van der Waals surface area (Å²) in [4.78, 5) is 16.5. The van der Waals surface area contributed by atoms with Crippen LogP contribution in [0.15, 0.2) is 30.6 Å². The van der Waals surface area contributed by atoms with Crippen molar-refractivity contribution in [3.05, 3.63) is 42.0 Å². The maximum atomic E-state index is 12.3. The van der Waals surface area contributed by atoms with Crippen LogP contribution < -0.4 is 11.1 Å². The first-order chi connectivity index (χ1) is 10.4. The molecule has 1 atom stereocenters. The summed E-state index contributed by atoms with van der Waals surface area (Å²) in [5.41, 5.74) is 6.44. The Balaban J connectivity index is 0.00000264. The molecule has 0 spiro atoms. The van der Waals surface area contributed by atoms with E-state index in [1.807, 2.05) is 39.0 Å². The Morgan fingerprint density at radius 1 is 1.38 bits per heavy atom. The third-order valence-electron chi connectivity index (χ3n) is 3.92. The zero-order chi connectivity index (χ0) is 16.2. The highest BCUT2D eigenvalue weighted by molar-refractivity contribution is 5.92. The average Bonchev–Trinajstić information content (AvgIpc) is 2.96. The topological polar surface area (TPSA) is 98.7 Å². The van der Waals surface area contributed by atoms with Gasteiger partial charge in [-0.05, 0) is 25.0 Å². The van der Waals surface area contributed by atoms with Crippen LogP contribution in [0.1, 0.15) is 37.0 Å². The monoisotopic (exact) mass is 374 g/mol. The number of aromatic nitrogens is 4. The predicted molar refractivity (Wildman–Crippen MR) is 97.6 cm³/mol. The van der Waals surface area contributed by atoms with Gasteiger partial charge in [0.1, 0.15) is 0 Å². The molecule has 0 saturated carbocycles. The molecule has 7 nitrogen and oxygen atoms in total. The first-order valence-corrected chi connectivity index (χ1v) is 7.27. The van der Waals surface area contributed by atoms with Gasteiger partial charge in [-0.25, -0.2) is 4.68 Å². The largest absolute Gasteiger partial charge is 0.344 e. The van der Waals surface area contributed by atoms with Gasteiger partial charge in [-0.2, -0.15) is 0 Å². The molecule has 3 N–H and O–H groups in total. The molecule has 2 aromatic rings. The highest BCUT2D eigenvalue weighted by Gasteiger charge is 2.29. The van der Waals surface area contributed by atoms with Crippen molar-refractivity contribution in [2.24, 2.45) is 11.7 Å². The van der Waals surface area contributed by atoms with E-state index >= 15 is 0 Å². The number of halogens is 2. The minimum Gasteiger partial charge on any atom is -0.344 e. The van der Waals surface area contributed by atoms with Gasteiger partial charge in [0.25, 0.3) is 5.91 Å². The van der Waals surface area contributed by atoms with E-state index in [1.165, 1.54) is 0 Å². The quantitative estimate of drug-likeness (QED) is 0.800. The molecule has 2 aromatic heterocycles. The number of carbonyl (C=O) groups excluding carboxylic acids is 1. The molecule has 1 amide bonds. The van der Waals surface area contributed by atoms with Gasteiger partial charge >= 0.3 is 0 Å². The summed E-state index contributed by atoms with van der Waals surface area (Å²) in [6.07, 6.45) is 3.33. The van der Waals surface area contributed by atoms with Crippen LogP contribution in [-0.2, 0) is 6.54 Å². The Morgan fingerprint density at radius 2 is 2.08 bits per heavy atom. The van der Waals surface area contributed by atoms with Crippen molar-refractivity contribution >= 4 is 30.7 Å². The van der Waals surface area contributed by atoms with Crippen LogP contribution in [0.5, 0.6) is 0 Å². The fourth-order valence-corrected chi connectivity index (χ4v) is 1.89. The van der Waals surface area contributed by atoms with E-state index in [-0.39, 0.29) is 42.3 Å². The highest BCUT2D eigenvalue weighted by Crippen LogP contribution is 2.15. The highest BCUT2D eigenvalue weighted by atomic mass is 35.5. The van der Waals surface area contributed by atoms with Crippen LogP contribution >= 0.6 is 24.8 Å². The second-order valence-corrected chi connectivity index (χ2v) is 5.85. The van der Waals surface area contributed by atoms with Crippen molar-refractivity contribution in [3.63, 3.8) is 0 Å². The van der Waals surface area contributed by atoms with Gasteiger partial charge < -0.3 is 11.1 Å². The number of pyridine rings is 1. The fraction of sp³-hybridized carbons (Fsp3) is 0.467. The van der Waals surface area contributed by atoms with E-state index in [0.29, 0.717) is 13.1 Å². The van der Waals surface area contributed by atoms with Crippen LogP contribution in [0.4, 0.5) is 0 Å². The third-order valence-corrected chi connectivity index (χ3v) is 3.92. The van der Waals surface area contributed by atoms with Gasteiger partial charge in [0, 0.05) is 12.7 Å². The van der Waals surface area contributed by atoms with Gasteiger partial charge in [0.05, 0.1) is 24.0 Å². The molecule has 134 valence electrons. The molecule has 0 radical (unpaired) electrons. The lowest BCUT2D eigenvalue weighted by Crippen LogP contribution is -2.55. The third kappa shape index (κ3) is 5.43. The van der Waals surface area contributed by atoms with Crippen molar-refractivity contribution < 1.29 is 4.79 Å². The van der Waals surface area contributed by atoms with Crippen LogP contribution in [0.3, 0.4) is 0 Å². The molecule has 0 saturated heterocycles. The predicted octanol–water partition coefficient (Wildman–Crippen LogP) is 1.67. The van der Waals surface area contributed by atoms with Gasteiger partial charge in [0.15, 0.2) is 5.69 Å². The van der Waals surface area contributed by atoms with Crippen molar-refractivity contribution in [2.75, 3.05) is 6.54 Å². The van der Waals surface area contributed by atoms with Gasteiger partial charge in [-0.3, -0.25) is 9.78 Å². The minimum absolute atomic E-state index is 0. The van der Waals surface area contributed by atoms with E-state index in [2.05, 4.69) is 20.6 Å². The summed E-state index contributed by atoms with van der Waals surface area (Å²) in [5.74, 6) is -0.0565. The molecular formula is C15H24Cl2N6O. The summed E-state index contributed by atoms with van der Waals surface area (Å²) in [7, 11) is 0. The molecule has 2 rings (SSSR count). The molecule has 0 aliphatic carbocycles. The lowest BCUT2D eigenvalue weighted by Gasteiger charge is -2.33. The molecule has 0 aliphatic rings. The summed E-state index contributed by atoms with van der Waals surface area (Å²) in [6, 6.07) is 5.65. The number of hydrogen-bond acceptors (Lipinski definition) is 5. The maximum Gasteiger partial charge on any atom is 0.273 e. The fourth-order valence-electron chi connectivity index (χ4n) is 1.89. The Labute approximate surface area is 154 Å². The zero-order valence-electron chi connectivity index (χ0n) is 14.0. The first-order valence-electron chi connectivity index (χ1n) is 7.27. The summed E-state index contributed by atoms with van der Waals surface area (Å²) in [5, 5.41) is 10.8. The Morgan fingerprint density at radius 3 is 2.62 bits per heavy atom. The van der Waals surface area contributed by atoms with Crippen molar-refractivity contribution in [1.29, 1.82) is 0 Å². The number of carbonyl (C=O) groups is 1. The Kier molecular flexibility index (Phi) is 8.88. The van der Waals surface area contributed by atoms with E-state index in [1.54, 1.807) is 17.1 Å². The molecule has 9 heteroatoms. The minimum atomic E-state index is -0.470. The Hall–Kier alpha value is -1.70. The van der Waals surface area contributed by atoms with Crippen LogP contribution in [0.25, 0.3) is 0 Å². The molecule has 1 unspecified atom stereocenters. The molecular weight excluding hydrogens is 351 g/mol. The second-order valence-electron chi connectivity index (χ2n) is 5.85. The number of hydrogen-bond donors (Lipinski definition) is 2. The Bertz CT molecular complexity index is 634. The molecule has 0 fully saturated rings. The van der Waals surface area contributed by atoms with Gasteiger partial charge in [-0.1, -0.05) is 25.1 Å². The van der Waals surface area contributed by atoms with Crippen LogP contribution in [0, 0.1) is 5.92 Å². The lowest BCUT2D eigenvalue weighted by atomic mass is 9.88. The lowest BCUT2D eigenvalue weighted by molar-refractivity contribution is 0.0878. The molecule has 0 aliphatic heterocycles. The van der Waals surface area contributed by atoms with Crippen molar-refractivity contribution in [2.45, 2.75) is 32.9 Å². The van der Waals surface area contributed by atoms with E-state index < -0.39 is 5.54 Å². The second kappa shape index (κ2) is 9.56. The smallest absolute Gasteiger partial charge is 0.273 e. The molecule has 0 aromatic carbocycles. The SMILES string of the molecule is CC(C)C(C)(CN)NC(=O)c1cn(Cc2ccccn2)nn1.Cl.Cl. The van der Waals surface area contributed by atoms with E-state index in [4.69, 9.17) is 5.73 Å².